The molecule has 5 nitrogen and oxygen atoms in total. The second-order valence-electron chi connectivity index (χ2n) is 4.92. The van der Waals surface area contributed by atoms with Crippen molar-refractivity contribution in [3.63, 3.8) is 0 Å². The normalized spacial score (nSPS) is 10.1. The number of anilines is 2. The van der Waals surface area contributed by atoms with Crippen LogP contribution in [0.5, 0.6) is 0 Å². The molecule has 0 aromatic heterocycles. The molecule has 0 aliphatic heterocycles. The van der Waals surface area contributed by atoms with E-state index in [1.54, 1.807) is 24.3 Å². The van der Waals surface area contributed by atoms with Gasteiger partial charge in [-0.2, -0.15) is 0 Å². The molecule has 0 aliphatic rings. The number of thiocarbonyl (C=S) groups is 1. The van der Waals surface area contributed by atoms with E-state index in [1.807, 2.05) is 12.1 Å². The highest BCUT2D eigenvalue weighted by Crippen LogP contribution is 2.27. The molecule has 0 bridgehead atoms. The number of rotatable bonds is 3. The van der Waals surface area contributed by atoms with E-state index in [2.05, 4.69) is 77.1 Å². The molecule has 0 spiro atoms. The lowest BCUT2D eigenvalue weighted by molar-refractivity contribution is -0.117. The predicted molar refractivity (Wildman–Crippen MR) is 124 cm³/mol. The fraction of sp³-hybridized carbons (Fsp3) is 0.0625. The van der Waals surface area contributed by atoms with Crippen molar-refractivity contribution in [1.82, 2.24) is 5.32 Å². The number of halogens is 3. The Morgan fingerprint density at radius 2 is 1.60 bits per heavy atom. The zero-order chi connectivity index (χ0) is 18.6. The molecule has 3 N–H and O–H groups in total. The lowest BCUT2D eigenvalue weighted by Crippen LogP contribution is -2.32. The summed E-state index contributed by atoms with van der Waals surface area (Å²) in [6, 6.07) is 10.8. The summed E-state index contributed by atoms with van der Waals surface area (Å²) in [7, 11) is 0. The second kappa shape index (κ2) is 9.24. The van der Waals surface area contributed by atoms with Gasteiger partial charge in [0, 0.05) is 29.9 Å². The van der Waals surface area contributed by atoms with Crippen molar-refractivity contribution in [1.29, 1.82) is 0 Å². The van der Waals surface area contributed by atoms with Gasteiger partial charge < -0.3 is 16.0 Å². The highest BCUT2D eigenvalue weighted by molar-refractivity contribution is 14.1. The van der Waals surface area contributed by atoms with E-state index >= 15 is 0 Å². The first-order valence-corrected chi connectivity index (χ1v) is 10.3. The van der Waals surface area contributed by atoms with Gasteiger partial charge in [0.05, 0.1) is 5.56 Å². The molecule has 2 amide bonds. The first-order chi connectivity index (χ1) is 11.8. The van der Waals surface area contributed by atoms with Gasteiger partial charge in [-0.1, -0.05) is 0 Å². The van der Waals surface area contributed by atoms with E-state index in [0.29, 0.717) is 16.9 Å². The Labute approximate surface area is 186 Å². The van der Waals surface area contributed by atoms with Gasteiger partial charge in [-0.25, -0.2) is 0 Å². The van der Waals surface area contributed by atoms with Crippen LogP contribution in [-0.4, -0.2) is 16.9 Å². The molecule has 0 saturated carbocycles. The molecule has 0 unspecified atom stereocenters. The minimum atomic E-state index is -0.237. The molecule has 0 aliphatic carbocycles. The van der Waals surface area contributed by atoms with Gasteiger partial charge in [0.25, 0.3) is 5.91 Å². The van der Waals surface area contributed by atoms with Crippen LogP contribution >= 0.6 is 73.3 Å². The highest BCUT2D eigenvalue weighted by Gasteiger charge is 2.14. The maximum absolute atomic E-state index is 12.5. The van der Waals surface area contributed by atoms with Gasteiger partial charge in [-0.3, -0.25) is 9.59 Å². The van der Waals surface area contributed by atoms with E-state index in [4.69, 9.17) is 12.2 Å². The highest BCUT2D eigenvalue weighted by atomic mass is 127. The summed E-state index contributed by atoms with van der Waals surface area (Å²) in [4.78, 5) is 23.4. The summed E-state index contributed by atoms with van der Waals surface area (Å²) < 4.78 is 2.73. The van der Waals surface area contributed by atoms with Crippen LogP contribution < -0.4 is 16.0 Å². The SMILES string of the molecule is CC(=O)NC(=S)Nc1ccc(NC(=O)c2cc(I)cc(I)c2Br)cc1. The van der Waals surface area contributed by atoms with Crippen molar-refractivity contribution in [2.24, 2.45) is 0 Å². The van der Waals surface area contributed by atoms with Gasteiger partial charge in [-0.05, 0) is 110 Å². The Morgan fingerprint density at radius 1 is 1.04 bits per heavy atom. The molecular formula is C16H12BrI2N3O2S. The molecule has 25 heavy (non-hydrogen) atoms. The summed E-state index contributed by atoms with van der Waals surface area (Å²) in [5, 5.41) is 8.45. The van der Waals surface area contributed by atoms with Crippen molar-refractivity contribution in [2.75, 3.05) is 10.6 Å². The number of benzene rings is 2. The third kappa shape index (κ3) is 6.15. The van der Waals surface area contributed by atoms with Crippen LogP contribution in [0.25, 0.3) is 0 Å². The summed E-state index contributed by atoms with van der Waals surface area (Å²) in [5.41, 5.74) is 1.94. The minimum Gasteiger partial charge on any atom is -0.332 e. The van der Waals surface area contributed by atoms with Crippen molar-refractivity contribution < 1.29 is 9.59 Å². The average molecular weight is 644 g/mol. The molecular weight excluding hydrogens is 632 g/mol. The monoisotopic (exact) mass is 643 g/mol. The van der Waals surface area contributed by atoms with Crippen molar-refractivity contribution >= 4 is 102 Å². The first-order valence-electron chi connectivity index (χ1n) is 6.91. The maximum Gasteiger partial charge on any atom is 0.256 e. The van der Waals surface area contributed by atoms with Crippen molar-refractivity contribution in [3.05, 3.63) is 53.6 Å². The van der Waals surface area contributed by atoms with E-state index in [1.165, 1.54) is 6.92 Å². The third-order valence-corrected chi connectivity index (χ3v) is 6.20. The number of amides is 2. The number of hydrogen-bond acceptors (Lipinski definition) is 3. The zero-order valence-electron chi connectivity index (χ0n) is 12.8. The molecule has 0 saturated heterocycles. The van der Waals surface area contributed by atoms with E-state index in [0.717, 1.165) is 11.6 Å². The molecule has 0 atom stereocenters. The Balaban J connectivity index is 2.07. The van der Waals surface area contributed by atoms with E-state index in [9.17, 15) is 9.59 Å². The van der Waals surface area contributed by atoms with Crippen LogP contribution in [0.4, 0.5) is 11.4 Å². The summed E-state index contributed by atoms with van der Waals surface area (Å²) in [6.45, 7) is 1.39. The number of nitrogens with one attached hydrogen (secondary N) is 3. The van der Waals surface area contributed by atoms with Gasteiger partial charge in [-0.15, -0.1) is 0 Å². The first kappa shape index (κ1) is 20.5. The lowest BCUT2D eigenvalue weighted by atomic mass is 10.2. The summed E-state index contributed by atoms with van der Waals surface area (Å²) in [5.74, 6) is -0.433. The summed E-state index contributed by atoms with van der Waals surface area (Å²) in [6.07, 6.45) is 0. The molecule has 9 heteroatoms. The standard InChI is InChI=1S/C16H12BrI2N3O2S/c1-8(23)20-16(25)22-11-4-2-10(3-5-11)21-15(24)12-6-9(18)7-13(19)14(12)17/h2-7H,1H3,(H,21,24)(H2,20,22,23,25). The predicted octanol–water partition coefficient (Wildman–Crippen LogP) is 4.74. The molecule has 2 aromatic carbocycles. The minimum absolute atomic E-state index is 0.196. The van der Waals surface area contributed by atoms with Gasteiger partial charge in [0.1, 0.15) is 0 Å². The number of hydrogen-bond donors (Lipinski definition) is 3. The van der Waals surface area contributed by atoms with E-state index in [-0.39, 0.29) is 16.9 Å². The van der Waals surface area contributed by atoms with Crippen LogP contribution in [0.15, 0.2) is 40.9 Å². The van der Waals surface area contributed by atoms with Crippen LogP contribution in [0.2, 0.25) is 0 Å². The maximum atomic E-state index is 12.5. The van der Waals surface area contributed by atoms with Gasteiger partial charge in [0.15, 0.2) is 5.11 Å². The summed E-state index contributed by atoms with van der Waals surface area (Å²) >= 11 is 12.8. The van der Waals surface area contributed by atoms with Gasteiger partial charge in [0.2, 0.25) is 5.91 Å². The molecule has 2 rings (SSSR count). The second-order valence-corrected chi connectivity index (χ2v) is 8.53. The largest absolute Gasteiger partial charge is 0.332 e. The molecule has 2 aromatic rings. The van der Waals surface area contributed by atoms with Crippen molar-refractivity contribution in [3.8, 4) is 0 Å². The average Bonchev–Trinajstić information content (AvgIpc) is 2.51. The van der Waals surface area contributed by atoms with Crippen molar-refractivity contribution in [2.45, 2.75) is 6.92 Å². The molecule has 0 radical (unpaired) electrons. The van der Waals surface area contributed by atoms with Crippen LogP contribution in [-0.2, 0) is 4.79 Å². The third-order valence-electron chi connectivity index (χ3n) is 2.93. The smallest absolute Gasteiger partial charge is 0.256 e. The fourth-order valence-corrected chi connectivity index (χ4v) is 4.39. The van der Waals surface area contributed by atoms with Crippen LogP contribution in [0, 0.1) is 7.14 Å². The Kier molecular flexibility index (Phi) is 7.58. The molecule has 0 fully saturated rings. The Bertz CT molecular complexity index is 844. The number of carbonyl (C=O) groups is 2. The van der Waals surface area contributed by atoms with Crippen LogP contribution in [0.3, 0.4) is 0 Å². The topological polar surface area (TPSA) is 70.2 Å². The molecule has 130 valence electrons. The lowest BCUT2D eigenvalue weighted by Gasteiger charge is -2.11. The van der Waals surface area contributed by atoms with E-state index < -0.39 is 0 Å². The zero-order valence-corrected chi connectivity index (χ0v) is 19.5. The Morgan fingerprint density at radius 3 is 2.16 bits per heavy atom. The quantitative estimate of drug-likeness (QED) is 0.257. The van der Waals surface area contributed by atoms with Crippen LogP contribution in [0.1, 0.15) is 17.3 Å². The Hall–Kier alpha value is -0.790. The number of carbonyl (C=O) groups excluding carboxylic acids is 2. The van der Waals surface area contributed by atoms with Gasteiger partial charge >= 0.3 is 0 Å². The fourth-order valence-electron chi connectivity index (χ4n) is 1.88. The molecule has 0 heterocycles.